The number of ether oxygens (including phenoxy) is 1. The molecule has 0 unspecified atom stereocenters. The highest BCUT2D eigenvalue weighted by atomic mass is 16.5. The fourth-order valence-electron chi connectivity index (χ4n) is 3.51. The van der Waals surface area contributed by atoms with Gasteiger partial charge in [0, 0.05) is 30.9 Å². The zero-order valence-corrected chi connectivity index (χ0v) is 14.0. The quantitative estimate of drug-likeness (QED) is 0.727. The lowest BCUT2D eigenvalue weighted by molar-refractivity contribution is 0.0975. The highest BCUT2D eigenvalue weighted by Crippen LogP contribution is 2.35. The minimum Gasteiger partial charge on any atom is -0.493 e. The lowest BCUT2D eigenvalue weighted by atomic mass is 9.86. The van der Waals surface area contributed by atoms with E-state index in [2.05, 4.69) is 4.98 Å². The first-order valence-corrected chi connectivity index (χ1v) is 9.08. The number of nitrogens with zero attached hydrogens (tertiary/aromatic N) is 2. The second kappa shape index (κ2) is 6.80. The van der Waals surface area contributed by atoms with E-state index in [4.69, 9.17) is 4.74 Å². The first-order chi connectivity index (χ1) is 11.8. The summed E-state index contributed by atoms with van der Waals surface area (Å²) in [7, 11) is 0. The Morgan fingerprint density at radius 1 is 1.21 bits per heavy atom. The maximum absolute atomic E-state index is 12.7. The van der Waals surface area contributed by atoms with Gasteiger partial charge in [0.25, 0.3) is 0 Å². The number of rotatable bonds is 7. The van der Waals surface area contributed by atoms with Gasteiger partial charge in [0.15, 0.2) is 5.78 Å². The number of hydrogen-bond donors (Lipinski definition) is 0. The predicted molar refractivity (Wildman–Crippen MR) is 92.5 cm³/mol. The topological polar surface area (TPSA) is 44.1 Å². The normalized spacial score (nSPS) is 16.7. The largest absolute Gasteiger partial charge is 0.493 e. The maximum Gasteiger partial charge on any atom is 0.164 e. The van der Waals surface area contributed by atoms with Gasteiger partial charge in [0.1, 0.15) is 5.75 Å². The van der Waals surface area contributed by atoms with Crippen LogP contribution in [0, 0.1) is 5.92 Å². The molecule has 1 heterocycles. The number of aryl methyl sites for hydroxylation is 1. The minimum atomic E-state index is 0.232. The first-order valence-electron chi connectivity index (χ1n) is 9.08. The monoisotopic (exact) mass is 324 g/mol. The number of Topliss-reactive ketones (excluding diaryl/α,β-unsaturated/α-hetero) is 1. The SMILES string of the molecule is O=C(CCn1ccnc1)c1ccc(OCC2CC2)c2c1CCCC2. The molecule has 0 spiro atoms. The lowest BCUT2D eigenvalue weighted by Gasteiger charge is -2.22. The Morgan fingerprint density at radius 3 is 2.79 bits per heavy atom. The number of benzene rings is 1. The van der Waals surface area contributed by atoms with Gasteiger partial charge in [-0.25, -0.2) is 4.98 Å². The number of ketones is 1. The van der Waals surface area contributed by atoms with Crippen molar-refractivity contribution in [3.8, 4) is 5.75 Å². The van der Waals surface area contributed by atoms with Gasteiger partial charge in [-0.15, -0.1) is 0 Å². The Hall–Kier alpha value is -2.10. The Morgan fingerprint density at radius 2 is 2.04 bits per heavy atom. The molecule has 2 aliphatic rings. The molecule has 4 heteroatoms. The molecule has 4 nitrogen and oxygen atoms in total. The highest BCUT2D eigenvalue weighted by molar-refractivity contribution is 5.98. The van der Waals surface area contributed by atoms with Crippen molar-refractivity contribution in [1.29, 1.82) is 0 Å². The van der Waals surface area contributed by atoms with Gasteiger partial charge < -0.3 is 9.30 Å². The van der Waals surface area contributed by atoms with Gasteiger partial charge in [-0.1, -0.05) is 0 Å². The van der Waals surface area contributed by atoms with E-state index in [1.54, 1.807) is 12.5 Å². The van der Waals surface area contributed by atoms with Crippen LogP contribution in [0.4, 0.5) is 0 Å². The summed E-state index contributed by atoms with van der Waals surface area (Å²) >= 11 is 0. The Labute approximate surface area is 142 Å². The molecule has 1 aromatic carbocycles. The van der Waals surface area contributed by atoms with Crippen molar-refractivity contribution in [2.75, 3.05) is 6.61 Å². The molecule has 0 bridgehead atoms. The summed E-state index contributed by atoms with van der Waals surface area (Å²) in [5, 5.41) is 0. The molecule has 0 atom stereocenters. The maximum atomic E-state index is 12.7. The zero-order valence-electron chi connectivity index (χ0n) is 14.0. The van der Waals surface area contributed by atoms with E-state index >= 15 is 0 Å². The number of imidazole rings is 1. The molecule has 2 aromatic rings. The standard InChI is InChI=1S/C20H24N2O2/c23-19(9-11-22-12-10-21-14-22)17-7-8-20(24-13-15-5-6-15)18-4-2-1-3-16(17)18/h7-8,10,12,14-15H,1-6,9,11,13H2. The molecule has 0 radical (unpaired) electrons. The third kappa shape index (κ3) is 3.37. The second-order valence-corrected chi connectivity index (χ2v) is 7.00. The van der Waals surface area contributed by atoms with E-state index in [-0.39, 0.29) is 5.78 Å². The molecule has 4 rings (SSSR count). The van der Waals surface area contributed by atoms with Crippen LogP contribution in [0.2, 0.25) is 0 Å². The summed E-state index contributed by atoms with van der Waals surface area (Å²) in [6, 6.07) is 4.01. The molecular weight excluding hydrogens is 300 g/mol. The van der Waals surface area contributed by atoms with E-state index in [1.807, 2.05) is 22.9 Å². The summed E-state index contributed by atoms with van der Waals surface area (Å²) in [6.07, 6.45) is 12.9. The van der Waals surface area contributed by atoms with Crippen LogP contribution >= 0.6 is 0 Å². The molecule has 0 N–H and O–H groups in total. The summed E-state index contributed by atoms with van der Waals surface area (Å²) in [6.45, 7) is 1.52. The van der Waals surface area contributed by atoms with Crippen molar-refractivity contribution in [3.05, 3.63) is 47.5 Å². The third-order valence-electron chi connectivity index (χ3n) is 5.12. The van der Waals surface area contributed by atoms with Crippen molar-refractivity contribution < 1.29 is 9.53 Å². The minimum absolute atomic E-state index is 0.232. The summed E-state index contributed by atoms with van der Waals surface area (Å²) in [5.74, 6) is 2.00. The zero-order chi connectivity index (χ0) is 16.4. The number of fused-ring (bicyclic) bond motifs is 1. The number of hydrogen-bond acceptors (Lipinski definition) is 3. The van der Waals surface area contributed by atoms with Crippen molar-refractivity contribution in [1.82, 2.24) is 9.55 Å². The molecule has 1 fully saturated rings. The van der Waals surface area contributed by atoms with Crippen molar-refractivity contribution in [3.63, 3.8) is 0 Å². The average Bonchev–Trinajstić information content (AvgIpc) is 3.30. The Kier molecular flexibility index (Phi) is 4.37. The van der Waals surface area contributed by atoms with Crippen LogP contribution < -0.4 is 4.74 Å². The number of aromatic nitrogens is 2. The molecule has 126 valence electrons. The molecule has 24 heavy (non-hydrogen) atoms. The van der Waals surface area contributed by atoms with Crippen LogP contribution in [-0.2, 0) is 19.4 Å². The molecule has 2 aliphatic carbocycles. The van der Waals surface area contributed by atoms with Crippen molar-refractivity contribution in [2.45, 2.75) is 51.5 Å². The van der Waals surface area contributed by atoms with Gasteiger partial charge in [-0.05, 0) is 67.7 Å². The van der Waals surface area contributed by atoms with Crippen molar-refractivity contribution >= 4 is 5.78 Å². The Bertz CT molecular complexity index is 717. The predicted octanol–water partition coefficient (Wildman–Crippen LogP) is 3.82. The fourth-order valence-corrected chi connectivity index (χ4v) is 3.51. The fraction of sp³-hybridized carbons (Fsp3) is 0.500. The lowest BCUT2D eigenvalue weighted by Crippen LogP contribution is -2.14. The van der Waals surface area contributed by atoms with E-state index in [0.29, 0.717) is 13.0 Å². The first kappa shape index (κ1) is 15.4. The Balaban J connectivity index is 1.52. The third-order valence-corrected chi connectivity index (χ3v) is 5.12. The molecule has 0 aliphatic heterocycles. The summed E-state index contributed by atoms with van der Waals surface area (Å²) in [5.41, 5.74) is 3.43. The van der Waals surface area contributed by atoms with Crippen LogP contribution in [0.5, 0.6) is 5.75 Å². The van der Waals surface area contributed by atoms with Crippen LogP contribution in [0.15, 0.2) is 30.9 Å². The highest BCUT2D eigenvalue weighted by Gasteiger charge is 2.25. The van der Waals surface area contributed by atoms with Crippen LogP contribution in [0.25, 0.3) is 0 Å². The number of carbonyl (C=O) groups excluding carboxylic acids is 1. The second-order valence-electron chi connectivity index (χ2n) is 7.00. The van der Waals surface area contributed by atoms with Crippen LogP contribution in [0.1, 0.15) is 53.6 Å². The molecule has 0 amide bonds. The van der Waals surface area contributed by atoms with Gasteiger partial charge >= 0.3 is 0 Å². The smallest absolute Gasteiger partial charge is 0.164 e. The van der Waals surface area contributed by atoms with Gasteiger partial charge in [0.05, 0.1) is 12.9 Å². The molecular formula is C20H24N2O2. The van der Waals surface area contributed by atoms with Gasteiger partial charge in [-0.3, -0.25) is 4.79 Å². The average molecular weight is 324 g/mol. The van der Waals surface area contributed by atoms with Crippen LogP contribution in [0.3, 0.4) is 0 Å². The summed E-state index contributed by atoms with van der Waals surface area (Å²) in [4.78, 5) is 16.8. The molecule has 1 aromatic heterocycles. The number of carbonyl (C=O) groups is 1. The van der Waals surface area contributed by atoms with E-state index < -0.39 is 0 Å². The van der Waals surface area contributed by atoms with Crippen LogP contribution in [-0.4, -0.2) is 21.9 Å². The van der Waals surface area contributed by atoms with E-state index in [1.165, 1.54) is 36.8 Å². The van der Waals surface area contributed by atoms with Gasteiger partial charge in [0.2, 0.25) is 0 Å². The summed E-state index contributed by atoms with van der Waals surface area (Å²) < 4.78 is 8.01. The van der Waals surface area contributed by atoms with Crippen molar-refractivity contribution in [2.24, 2.45) is 5.92 Å². The van der Waals surface area contributed by atoms with E-state index in [0.717, 1.165) is 36.7 Å². The van der Waals surface area contributed by atoms with Gasteiger partial charge in [-0.2, -0.15) is 0 Å². The molecule has 1 saturated carbocycles. The van der Waals surface area contributed by atoms with E-state index in [9.17, 15) is 4.79 Å². The molecule has 0 saturated heterocycles.